The second-order valence-electron chi connectivity index (χ2n) is 5.73. The molecule has 2 heteroatoms. The van der Waals surface area contributed by atoms with Gasteiger partial charge in [-0.2, -0.15) is 0 Å². The van der Waals surface area contributed by atoms with Crippen LogP contribution in [0.2, 0.25) is 0 Å². The Morgan fingerprint density at radius 2 is 1.40 bits per heavy atom. The third kappa shape index (κ3) is 5.53. The van der Waals surface area contributed by atoms with Crippen molar-refractivity contribution < 1.29 is 9.47 Å². The molecule has 0 spiro atoms. The molecular weight excluding hydrogens is 188 g/mol. The molecule has 0 saturated heterocycles. The summed E-state index contributed by atoms with van der Waals surface area (Å²) in [5, 5.41) is 0. The predicted molar refractivity (Wildman–Crippen MR) is 63.1 cm³/mol. The van der Waals surface area contributed by atoms with Gasteiger partial charge in [0.05, 0.1) is 18.8 Å². The SMILES string of the molecule is CCOC1CCC(OCC(C)(C)C)CC1. The van der Waals surface area contributed by atoms with E-state index in [-0.39, 0.29) is 5.41 Å². The van der Waals surface area contributed by atoms with Gasteiger partial charge in [0, 0.05) is 6.61 Å². The monoisotopic (exact) mass is 214 g/mol. The lowest BCUT2D eigenvalue weighted by molar-refractivity contribution is -0.0461. The molecule has 0 aliphatic heterocycles. The van der Waals surface area contributed by atoms with E-state index >= 15 is 0 Å². The summed E-state index contributed by atoms with van der Waals surface area (Å²) >= 11 is 0. The van der Waals surface area contributed by atoms with Gasteiger partial charge in [-0.1, -0.05) is 20.8 Å². The van der Waals surface area contributed by atoms with Gasteiger partial charge in [-0.05, 0) is 38.0 Å². The van der Waals surface area contributed by atoms with Crippen LogP contribution in [0.5, 0.6) is 0 Å². The quantitative estimate of drug-likeness (QED) is 0.714. The van der Waals surface area contributed by atoms with E-state index < -0.39 is 0 Å². The van der Waals surface area contributed by atoms with Crippen LogP contribution in [0.25, 0.3) is 0 Å². The first-order chi connectivity index (χ1) is 7.01. The molecule has 0 unspecified atom stereocenters. The van der Waals surface area contributed by atoms with E-state index in [1.165, 1.54) is 25.7 Å². The van der Waals surface area contributed by atoms with Crippen LogP contribution in [-0.2, 0) is 9.47 Å². The number of ether oxygens (including phenoxy) is 2. The molecule has 15 heavy (non-hydrogen) atoms. The summed E-state index contributed by atoms with van der Waals surface area (Å²) in [6.07, 6.45) is 5.64. The van der Waals surface area contributed by atoms with Crippen LogP contribution in [0.1, 0.15) is 53.4 Å². The number of rotatable bonds is 4. The van der Waals surface area contributed by atoms with Crippen molar-refractivity contribution in [2.24, 2.45) is 5.41 Å². The lowest BCUT2D eigenvalue weighted by atomic mass is 9.94. The van der Waals surface area contributed by atoms with Crippen molar-refractivity contribution in [3.8, 4) is 0 Å². The van der Waals surface area contributed by atoms with E-state index in [0.29, 0.717) is 12.2 Å². The van der Waals surface area contributed by atoms with Crippen molar-refractivity contribution in [2.75, 3.05) is 13.2 Å². The summed E-state index contributed by atoms with van der Waals surface area (Å²) in [6, 6.07) is 0. The highest BCUT2D eigenvalue weighted by Gasteiger charge is 2.23. The fraction of sp³-hybridized carbons (Fsp3) is 1.00. The van der Waals surface area contributed by atoms with Gasteiger partial charge in [-0.3, -0.25) is 0 Å². The Morgan fingerprint density at radius 1 is 0.933 bits per heavy atom. The summed E-state index contributed by atoms with van der Waals surface area (Å²) in [5.74, 6) is 0. The third-order valence-electron chi connectivity index (χ3n) is 2.78. The van der Waals surface area contributed by atoms with Gasteiger partial charge in [0.25, 0.3) is 0 Å². The van der Waals surface area contributed by atoms with Crippen LogP contribution in [0.3, 0.4) is 0 Å². The van der Waals surface area contributed by atoms with Gasteiger partial charge in [-0.25, -0.2) is 0 Å². The summed E-state index contributed by atoms with van der Waals surface area (Å²) < 4.78 is 11.5. The molecule has 1 saturated carbocycles. The molecule has 1 rings (SSSR count). The predicted octanol–water partition coefficient (Wildman–Crippen LogP) is 3.40. The lowest BCUT2D eigenvalue weighted by Gasteiger charge is -2.30. The first kappa shape index (κ1) is 13.0. The molecule has 0 N–H and O–H groups in total. The minimum absolute atomic E-state index is 0.288. The molecule has 0 aromatic carbocycles. The lowest BCUT2D eigenvalue weighted by Crippen LogP contribution is -2.29. The second-order valence-corrected chi connectivity index (χ2v) is 5.73. The molecule has 0 heterocycles. The molecule has 0 aromatic rings. The molecule has 0 bridgehead atoms. The minimum atomic E-state index is 0.288. The molecule has 0 radical (unpaired) electrons. The number of hydrogen-bond donors (Lipinski definition) is 0. The van der Waals surface area contributed by atoms with Crippen molar-refractivity contribution in [3.63, 3.8) is 0 Å². The van der Waals surface area contributed by atoms with Gasteiger partial charge in [0.1, 0.15) is 0 Å². The van der Waals surface area contributed by atoms with Crippen LogP contribution >= 0.6 is 0 Å². The van der Waals surface area contributed by atoms with Crippen LogP contribution in [0.4, 0.5) is 0 Å². The Hall–Kier alpha value is -0.0800. The van der Waals surface area contributed by atoms with Crippen molar-refractivity contribution in [1.82, 2.24) is 0 Å². The maximum absolute atomic E-state index is 5.92. The molecule has 0 amide bonds. The maximum atomic E-state index is 5.92. The first-order valence-corrected chi connectivity index (χ1v) is 6.24. The van der Waals surface area contributed by atoms with Crippen LogP contribution < -0.4 is 0 Å². The van der Waals surface area contributed by atoms with Crippen molar-refractivity contribution in [2.45, 2.75) is 65.6 Å². The topological polar surface area (TPSA) is 18.5 Å². The molecule has 1 fully saturated rings. The molecule has 0 aromatic heterocycles. The summed E-state index contributed by atoms with van der Waals surface area (Å²) in [4.78, 5) is 0. The van der Waals surface area contributed by atoms with Gasteiger partial charge in [0.15, 0.2) is 0 Å². The maximum Gasteiger partial charge on any atom is 0.0577 e. The van der Waals surface area contributed by atoms with E-state index in [0.717, 1.165) is 13.2 Å². The average Bonchev–Trinajstić information content (AvgIpc) is 2.16. The second kappa shape index (κ2) is 5.86. The van der Waals surface area contributed by atoms with Crippen LogP contribution in [-0.4, -0.2) is 25.4 Å². The molecule has 0 atom stereocenters. The normalized spacial score (nSPS) is 28.0. The van der Waals surface area contributed by atoms with E-state index in [4.69, 9.17) is 9.47 Å². The highest BCUT2D eigenvalue weighted by atomic mass is 16.5. The standard InChI is InChI=1S/C13H26O2/c1-5-14-11-6-8-12(9-7-11)15-10-13(2,3)4/h11-12H,5-10H2,1-4H3. The van der Waals surface area contributed by atoms with Gasteiger partial charge < -0.3 is 9.47 Å². The van der Waals surface area contributed by atoms with Crippen LogP contribution in [0, 0.1) is 5.41 Å². The molecule has 1 aliphatic rings. The highest BCUT2D eigenvalue weighted by Crippen LogP contribution is 2.25. The summed E-state index contributed by atoms with van der Waals surface area (Å²) in [5.41, 5.74) is 0.288. The average molecular weight is 214 g/mol. The Labute approximate surface area is 94.3 Å². The van der Waals surface area contributed by atoms with E-state index in [1.807, 2.05) is 0 Å². The highest BCUT2D eigenvalue weighted by molar-refractivity contribution is 4.74. The molecule has 2 nitrogen and oxygen atoms in total. The van der Waals surface area contributed by atoms with E-state index in [9.17, 15) is 0 Å². The van der Waals surface area contributed by atoms with Crippen LogP contribution in [0.15, 0.2) is 0 Å². The Morgan fingerprint density at radius 3 is 1.80 bits per heavy atom. The zero-order valence-corrected chi connectivity index (χ0v) is 10.7. The molecule has 1 aliphatic carbocycles. The molecule has 90 valence electrons. The third-order valence-corrected chi connectivity index (χ3v) is 2.78. The Balaban J connectivity index is 2.15. The zero-order valence-electron chi connectivity index (χ0n) is 10.7. The minimum Gasteiger partial charge on any atom is -0.379 e. The Kier molecular flexibility index (Phi) is 5.07. The van der Waals surface area contributed by atoms with Gasteiger partial charge in [-0.15, -0.1) is 0 Å². The first-order valence-electron chi connectivity index (χ1n) is 6.24. The smallest absolute Gasteiger partial charge is 0.0577 e. The van der Waals surface area contributed by atoms with Gasteiger partial charge >= 0.3 is 0 Å². The van der Waals surface area contributed by atoms with Crippen molar-refractivity contribution >= 4 is 0 Å². The fourth-order valence-corrected chi connectivity index (χ4v) is 1.97. The number of hydrogen-bond acceptors (Lipinski definition) is 2. The van der Waals surface area contributed by atoms with E-state index in [2.05, 4.69) is 27.7 Å². The van der Waals surface area contributed by atoms with Crippen molar-refractivity contribution in [1.29, 1.82) is 0 Å². The Bertz CT molecular complexity index is 164. The fourth-order valence-electron chi connectivity index (χ4n) is 1.97. The zero-order chi connectivity index (χ0) is 11.3. The summed E-state index contributed by atoms with van der Waals surface area (Å²) in [6.45, 7) is 10.5. The molecular formula is C13H26O2. The van der Waals surface area contributed by atoms with Gasteiger partial charge in [0.2, 0.25) is 0 Å². The van der Waals surface area contributed by atoms with E-state index in [1.54, 1.807) is 0 Å². The van der Waals surface area contributed by atoms with Crippen molar-refractivity contribution in [3.05, 3.63) is 0 Å². The largest absolute Gasteiger partial charge is 0.379 e. The summed E-state index contributed by atoms with van der Waals surface area (Å²) in [7, 11) is 0.